The molecule has 4 aliphatic rings. The van der Waals surface area contributed by atoms with Gasteiger partial charge in [-0.15, -0.1) is 0 Å². The highest BCUT2D eigenvalue weighted by atomic mass is 16.7. The summed E-state index contributed by atoms with van der Waals surface area (Å²) >= 11 is 0. The molecule has 2 atom stereocenters. The zero-order valence-corrected chi connectivity index (χ0v) is 19.0. The normalized spacial score (nSPS) is 28.5. The Balaban J connectivity index is 1.20. The Labute approximate surface area is 188 Å². The average molecular weight is 444 g/mol. The molecule has 1 unspecified atom stereocenters. The first-order chi connectivity index (χ1) is 15.5. The Hall–Kier alpha value is -2.42. The molecule has 1 aromatic heterocycles. The van der Waals surface area contributed by atoms with Crippen LogP contribution in [0.25, 0.3) is 0 Å². The average Bonchev–Trinajstić information content (AvgIpc) is 3.22. The summed E-state index contributed by atoms with van der Waals surface area (Å²) in [6.45, 7) is 6.36. The number of nitrogens with one attached hydrogen (secondary N) is 1. The van der Waals surface area contributed by atoms with Crippen LogP contribution in [0.5, 0.6) is 0 Å². The van der Waals surface area contributed by atoms with Gasteiger partial charge in [0.25, 0.3) is 11.8 Å². The van der Waals surface area contributed by atoms with Crippen molar-refractivity contribution < 1.29 is 19.2 Å². The molecular formula is C23H33N5O4. The van der Waals surface area contributed by atoms with Gasteiger partial charge in [-0.25, -0.2) is 0 Å². The molecule has 32 heavy (non-hydrogen) atoms. The molecule has 1 aromatic rings. The van der Waals surface area contributed by atoms with E-state index in [0.717, 1.165) is 63.1 Å². The van der Waals surface area contributed by atoms with Crippen molar-refractivity contribution in [2.75, 3.05) is 26.3 Å². The molecule has 4 heterocycles. The van der Waals surface area contributed by atoms with Crippen LogP contribution in [-0.2, 0) is 14.4 Å². The van der Waals surface area contributed by atoms with E-state index in [1.165, 1.54) is 0 Å². The number of aromatic nitrogens is 2. The maximum absolute atomic E-state index is 13.4. The van der Waals surface area contributed by atoms with Gasteiger partial charge in [0.15, 0.2) is 0 Å². The Morgan fingerprint density at radius 2 is 2.00 bits per heavy atom. The maximum Gasteiger partial charge on any atom is 0.267 e. The number of likely N-dealkylation sites (tertiary alicyclic amines) is 1. The molecule has 2 saturated heterocycles. The van der Waals surface area contributed by atoms with Crippen LogP contribution in [0.1, 0.15) is 74.0 Å². The predicted octanol–water partition coefficient (Wildman–Crippen LogP) is 2.21. The topological polar surface area (TPSA) is 98.0 Å². The standard InChI is InChI=1S/C23H33N5O4/c1-15-19(14-25-28(15)17-7-10-31-11-8-17)21(29)27-9-3-4-18(27)13-24-22(30)23(2)12-20(26-32-23)16-5-6-16/h14,16-18H,3-13H2,1-2H3,(H,24,30)/t18-,23?/m1/s1. The minimum atomic E-state index is -0.938. The van der Waals surface area contributed by atoms with Crippen molar-refractivity contribution >= 4 is 17.5 Å². The number of hydrogen-bond acceptors (Lipinski definition) is 6. The highest BCUT2D eigenvalue weighted by Crippen LogP contribution is 2.38. The smallest absolute Gasteiger partial charge is 0.267 e. The summed E-state index contributed by atoms with van der Waals surface area (Å²) in [6, 6.07) is 0.264. The third kappa shape index (κ3) is 4.02. The second-order valence-corrected chi connectivity index (χ2v) is 9.79. The molecule has 174 valence electrons. The summed E-state index contributed by atoms with van der Waals surface area (Å²) in [7, 11) is 0. The second-order valence-electron chi connectivity index (χ2n) is 9.79. The quantitative estimate of drug-likeness (QED) is 0.727. The molecule has 2 amide bonds. The summed E-state index contributed by atoms with van der Waals surface area (Å²) in [4.78, 5) is 33.6. The molecule has 9 nitrogen and oxygen atoms in total. The fourth-order valence-electron chi connectivity index (χ4n) is 5.13. The third-order valence-electron chi connectivity index (χ3n) is 7.36. The number of amides is 2. The van der Waals surface area contributed by atoms with Crippen molar-refractivity contribution in [1.82, 2.24) is 20.0 Å². The van der Waals surface area contributed by atoms with Gasteiger partial charge in [0.05, 0.1) is 23.5 Å². The van der Waals surface area contributed by atoms with Crippen molar-refractivity contribution in [3.05, 3.63) is 17.5 Å². The van der Waals surface area contributed by atoms with Crippen LogP contribution in [0.2, 0.25) is 0 Å². The third-order valence-corrected chi connectivity index (χ3v) is 7.36. The molecular weight excluding hydrogens is 410 g/mol. The van der Waals surface area contributed by atoms with E-state index in [9.17, 15) is 9.59 Å². The van der Waals surface area contributed by atoms with Gasteiger partial charge in [0.1, 0.15) is 0 Å². The van der Waals surface area contributed by atoms with Crippen molar-refractivity contribution in [3.63, 3.8) is 0 Å². The summed E-state index contributed by atoms with van der Waals surface area (Å²) in [6.07, 6.45) is 8.19. The number of rotatable bonds is 6. The zero-order chi connectivity index (χ0) is 22.3. The molecule has 0 spiro atoms. The Morgan fingerprint density at radius 1 is 1.22 bits per heavy atom. The SMILES string of the molecule is Cc1c(C(=O)N2CCC[C@@H]2CNC(=O)C2(C)CC(C3CC3)=NO2)cnn1C1CCOCC1. The van der Waals surface area contributed by atoms with Gasteiger partial charge in [0.2, 0.25) is 5.60 Å². The van der Waals surface area contributed by atoms with Crippen LogP contribution >= 0.6 is 0 Å². The molecule has 1 saturated carbocycles. The number of hydrogen-bond donors (Lipinski definition) is 1. The first kappa shape index (κ1) is 21.4. The van der Waals surface area contributed by atoms with Crippen LogP contribution in [-0.4, -0.2) is 70.2 Å². The number of carbonyl (C=O) groups excluding carboxylic acids is 2. The number of ether oxygens (including phenoxy) is 1. The Kier molecular flexibility index (Phi) is 5.69. The maximum atomic E-state index is 13.4. The first-order valence-electron chi connectivity index (χ1n) is 11.9. The van der Waals surface area contributed by atoms with E-state index in [1.54, 1.807) is 13.1 Å². The summed E-state index contributed by atoms with van der Waals surface area (Å²) in [5.41, 5.74) is 1.64. The van der Waals surface area contributed by atoms with Gasteiger partial charge in [-0.3, -0.25) is 14.3 Å². The van der Waals surface area contributed by atoms with Gasteiger partial charge >= 0.3 is 0 Å². The van der Waals surface area contributed by atoms with E-state index in [0.29, 0.717) is 31.0 Å². The molecule has 9 heteroatoms. The van der Waals surface area contributed by atoms with Crippen molar-refractivity contribution in [2.45, 2.75) is 76.5 Å². The van der Waals surface area contributed by atoms with E-state index in [1.807, 2.05) is 16.5 Å². The minimum absolute atomic E-state index is 0.000222. The van der Waals surface area contributed by atoms with Gasteiger partial charge in [0, 0.05) is 50.4 Å². The lowest BCUT2D eigenvalue weighted by molar-refractivity contribution is -0.141. The number of nitrogens with zero attached hydrogens (tertiary/aromatic N) is 4. The van der Waals surface area contributed by atoms with Crippen LogP contribution in [0, 0.1) is 12.8 Å². The zero-order valence-electron chi connectivity index (χ0n) is 19.0. The van der Waals surface area contributed by atoms with Crippen molar-refractivity contribution in [3.8, 4) is 0 Å². The fraction of sp³-hybridized carbons (Fsp3) is 0.739. The van der Waals surface area contributed by atoms with Gasteiger partial charge < -0.3 is 19.8 Å². The lowest BCUT2D eigenvalue weighted by Crippen LogP contribution is -2.49. The second kappa shape index (κ2) is 8.50. The summed E-state index contributed by atoms with van der Waals surface area (Å²) < 4.78 is 7.44. The van der Waals surface area contributed by atoms with E-state index in [4.69, 9.17) is 9.57 Å². The molecule has 0 aromatic carbocycles. The largest absolute Gasteiger partial charge is 0.381 e. The van der Waals surface area contributed by atoms with Gasteiger partial charge in [-0.1, -0.05) is 5.16 Å². The van der Waals surface area contributed by atoms with Crippen molar-refractivity contribution in [2.24, 2.45) is 11.1 Å². The summed E-state index contributed by atoms with van der Waals surface area (Å²) in [5, 5.41) is 11.7. The number of carbonyl (C=O) groups is 2. The van der Waals surface area contributed by atoms with Crippen molar-refractivity contribution in [1.29, 1.82) is 0 Å². The van der Waals surface area contributed by atoms with Crippen LogP contribution < -0.4 is 5.32 Å². The molecule has 1 aliphatic carbocycles. The van der Waals surface area contributed by atoms with E-state index in [-0.39, 0.29) is 23.9 Å². The minimum Gasteiger partial charge on any atom is -0.381 e. The van der Waals surface area contributed by atoms with Gasteiger partial charge in [-0.2, -0.15) is 5.10 Å². The Bertz CT molecular complexity index is 917. The molecule has 3 fully saturated rings. The van der Waals surface area contributed by atoms with E-state index in [2.05, 4.69) is 15.6 Å². The van der Waals surface area contributed by atoms with Gasteiger partial charge in [-0.05, 0) is 52.4 Å². The fourth-order valence-corrected chi connectivity index (χ4v) is 5.13. The molecule has 0 bridgehead atoms. The molecule has 1 N–H and O–H groups in total. The molecule has 0 radical (unpaired) electrons. The highest BCUT2D eigenvalue weighted by molar-refractivity contribution is 5.98. The highest BCUT2D eigenvalue weighted by Gasteiger charge is 2.46. The monoisotopic (exact) mass is 443 g/mol. The predicted molar refractivity (Wildman–Crippen MR) is 117 cm³/mol. The lowest BCUT2D eigenvalue weighted by Gasteiger charge is -2.27. The van der Waals surface area contributed by atoms with E-state index >= 15 is 0 Å². The van der Waals surface area contributed by atoms with Crippen LogP contribution in [0.3, 0.4) is 0 Å². The van der Waals surface area contributed by atoms with E-state index < -0.39 is 5.60 Å². The molecule has 3 aliphatic heterocycles. The molecule has 5 rings (SSSR count). The summed E-state index contributed by atoms with van der Waals surface area (Å²) in [5.74, 6) is 0.345. The van der Waals surface area contributed by atoms with Crippen LogP contribution in [0.15, 0.2) is 11.4 Å². The van der Waals surface area contributed by atoms with Crippen LogP contribution in [0.4, 0.5) is 0 Å². The Morgan fingerprint density at radius 3 is 2.75 bits per heavy atom. The number of oxime groups is 1. The first-order valence-corrected chi connectivity index (χ1v) is 11.9. The lowest BCUT2D eigenvalue weighted by atomic mass is 9.96.